The predicted octanol–water partition coefficient (Wildman–Crippen LogP) is 2.37. The van der Waals surface area contributed by atoms with E-state index in [2.05, 4.69) is 15.3 Å². The molecule has 0 bridgehead atoms. The highest BCUT2D eigenvalue weighted by Crippen LogP contribution is 2.25. The van der Waals surface area contributed by atoms with Crippen LogP contribution in [0.5, 0.6) is 5.75 Å². The molecule has 0 saturated carbocycles. The Balaban J connectivity index is 2.26. The molecule has 0 unspecified atom stereocenters. The number of anilines is 2. The van der Waals surface area contributed by atoms with Gasteiger partial charge in [0.25, 0.3) is 0 Å². The molecule has 1 heterocycles. The van der Waals surface area contributed by atoms with Crippen LogP contribution in [0.1, 0.15) is 0 Å². The number of rotatable bonds is 3. The van der Waals surface area contributed by atoms with Gasteiger partial charge in [0.15, 0.2) is 0 Å². The third-order valence-electron chi connectivity index (χ3n) is 2.00. The molecule has 1 aromatic carbocycles. The summed E-state index contributed by atoms with van der Waals surface area (Å²) in [5.41, 5.74) is 0.725. The summed E-state index contributed by atoms with van der Waals surface area (Å²) in [5.74, 6) is 1.05. The normalized spacial score (nSPS) is 9.88. The fourth-order valence-electron chi connectivity index (χ4n) is 1.29. The maximum atomic E-state index is 12.8. The molecule has 0 aliphatic rings. The SMILES string of the molecule is COc1ccccc1Nc1ccnc(F)n1. The van der Waals surface area contributed by atoms with Crippen LogP contribution < -0.4 is 10.1 Å². The van der Waals surface area contributed by atoms with Crippen LogP contribution in [0.2, 0.25) is 0 Å². The average Bonchev–Trinajstić information content (AvgIpc) is 2.30. The van der Waals surface area contributed by atoms with Gasteiger partial charge in [-0.3, -0.25) is 0 Å². The fourth-order valence-corrected chi connectivity index (χ4v) is 1.29. The summed E-state index contributed by atoms with van der Waals surface area (Å²) in [7, 11) is 1.57. The number of para-hydroxylation sites is 2. The summed E-state index contributed by atoms with van der Waals surface area (Å²) in [6.07, 6.45) is 0.583. The Bertz CT molecular complexity index is 490. The molecule has 4 nitrogen and oxygen atoms in total. The largest absolute Gasteiger partial charge is 0.495 e. The highest BCUT2D eigenvalue weighted by Gasteiger charge is 2.03. The topological polar surface area (TPSA) is 47.0 Å². The number of aromatic nitrogens is 2. The molecule has 1 N–H and O–H groups in total. The second-order valence-corrected chi connectivity index (χ2v) is 3.04. The zero-order valence-corrected chi connectivity index (χ0v) is 8.64. The van der Waals surface area contributed by atoms with E-state index in [4.69, 9.17) is 4.74 Å². The molecular weight excluding hydrogens is 209 g/mol. The molecule has 0 aliphatic heterocycles. The molecule has 0 radical (unpaired) electrons. The lowest BCUT2D eigenvalue weighted by molar-refractivity contribution is 0.417. The first-order chi connectivity index (χ1) is 7.79. The molecule has 0 saturated heterocycles. The third-order valence-corrected chi connectivity index (χ3v) is 2.00. The van der Waals surface area contributed by atoms with Gasteiger partial charge in [0.2, 0.25) is 0 Å². The van der Waals surface area contributed by atoms with E-state index in [9.17, 15) is 4.39 Å². The predicted molar refractivity (Wildman–Crippen MR) is 58.3 cm³/mol. The van der Waals surface area contributed by atoms with Gasteiger partial charge in [0.05, 0.1) is 12.8 Å². The highest BCUT2D eigenvalue weighted by atomic mass is 19.1. The first-order valence-corrected chi connectivity index (χ1v) is 4.68. The Morgan fingerprint density at radius 3 is 2.81 bits per heavy atom. The van der Waals surface area contributed by atoms with Crippen LogP contribution >= 0.6 is 0 Å². The van der Waals surface area contributed by atoms with Gasteiger partial charge >= 0.3 is 6.08 Å². The van der Waals surface area contributed by atoms with Crippen LogP contribution in [0.15, 0.2) is 36.5 Å². The van der Waals surface area contributed by atoms with E-state index in [0.717, 1.165) is 5.69 Å². The summed E-state index contributed by atoms with van der Waals surface area (Å²) in [4.78, 5) is 6.97. The van der Waals surface area contributed by atoms with Crippen molar-refractivity contribution in [3.63, 3.8) is 0 Å². The Morgan fingerprint density at radius 1 is 1.25 bits per heavy atom. The molecule has 0 aliphatic carbocycles. The summed E-state index contributed by atoms with van der Waals surface area (Å²) in [5, 5.41) is 2.95. The summed E-state index contributed by atoms with van der Waals surface area (Å²) < 4.78 is 17.9. The van der Waals surface area contributed by atoms with Gasteiger partial charge in [-0.15, -0.1) is 0 Å². The van der Waals surface area contributed by atoms with Gasteiger partial charge in [-0.25, -0.2) is 4.98 Å². The number of methoxy groups -OCH3 is 1. The first kappa shape index (κ1) is 10.4. The molecule has 0 amide bonds. The minimum Gasteiger partial charge on any atom is -0.495 e. The van der Waals surface area contributed by atoms with E-state index >= 15 is 0 Å². The van der Waals surface area contributed by atoms with Gasteiger partial charge < -0.3 is 10.1 Å². The number of nitrogens with one attached hydrogen (secondary N) is 1. The molecule has 0 fully saturated rings. The third kappa shape index (κ3) is 2.25. The van der Waals surface area contributed by atoms with Crippen molar-refractivity contribution in [3.05, 3.63) is 42.6 Å². The average molecular weight is 219 g/mol. The van der Waals surface area contributed by atoms with Crippen LogP contribution in [0.4, 0.5) is 15.9 Å². The Morgan fingerprint density at radius 2 is 2.06 bits per heavy atom. The number of hydrogen-bond donors (Lipinski definition) is 1. The summed E-state index contributed by atoms with van der Waals surface area (Å²) in [6, 6.07) is 8.90. The molecule has 0 atom stereocenters. The van der Waals surface area contributed by atoms with E-state index in [1.54, 1.807) is 19.2 Å². The standard InChI is InChI=1S/C11H10FN3O/c1-16-9-5-3-2-4-8(9)14-10-6-7-13-11(12)15-10/h2-7H,1H3,(H,13,14,15). The fraction of sp³-hybridized carbons (Fsp3) is 0.0909. The lowest BCUT2D eigenvalue weighted by Gasteiger charge is -2.09. The molecular formula is C11H10FN3O. The van der Waals surface area contributed by atoms with Crippen LogP contribution in [-0.4, -0.2) is 17.1 Å². The molecule has 2 rings (SSSR count). The van der Waals surface area contributed by atoms with Gasteiger partial charge in [-0.2, -0.15) is 9.37 Å². The summed E-state index contributed by atoms with van der Waals surface area (Å²) >= 11 is 0. The Hall–Kier alpha value is -2.17. The van der Waals surface area contributed by atoms with E-state index < -0.39 is 6.08 Å². The molecule has 0 spiro atoms. The Labute approximate surface area is 92.1 Å². The van der Waals surface area contributed by atoms with Crippen LogP contribution in [-0.2, 0) is 0 Å². The number of ether oxygens (including phenoxy) is 1. The van der Waals surface area contributed by atoms with Crippen molar-refractivity contribution in [3.8, 4) is 5.75 Å². The molecule has 2 aromatic rings. The second-order valence-electron chi connectivity index (χ2n) is 3.04. The van der Waals surface area contributed by atoms with E-state index in [1.807, 2.05) is 18.2 Å². The van der Waals surface area contributed by atoms with Crippen molar-refractivity contribution in [2.45, 2.75) is 0 Å². The molecule has 82 valence electrons. The number of nitrogens with zero attached hydrogens (tertiary/aromatic N) is 2. The number of halogens is 1. The van der Waals surface area contributed by atoms with E-state index in [0.29, 0.717) is 11.6 Å². The zero-order chi connectivity index (χ0) is 11.4. The smallest absolute Gasteiger partial charge is 0.310 e. The quantitative estimate of drug-likeness (QED) is 0.805. The molecule has 5 heteroatoms. The van der Waals surface area contributed by atoms with Crippen molar-refractivity contribution in [1.29, 1.82) is 0 Å². The lowest BCUT2D eigenvalue weighted by atomic mass is 10.3. The number of benzene rings is 1. The summed E-state index contributed by atoms with van der Waals surface area (Å²) in [6.45, 7) is 0. The van der Waals surface area contributed by atoms with Gasteiger partial charge in [0, 0.05) is 6.20 Å². The lowest BCUT2D eigenvalue weighted by Crippen LogP contribution is -1.98. The van der Waals surface area contributed by atoms with Crippen LogP contribution in [0.3, 0.4) is 0 Å². The van der Waals surface area contributed by atoms with E-state index in [1.165, 1.54) is 6.20 Å². The van der Waals surface area contributed by atoms with Crippen molar-refractivity contribution in [2.24, 2.45) is 0 Å². The van der Waals surface area contributed by atoms with Gasteiger partial charge in [0.1, 0.15) is 11.6 Å². The minimum atomic E-state index is -0.764. The maximum Gasteiger partial charge on any atom is 0.310 e. The second kappa shape index (κ2) is 4.57. The highest BCUT2D eigenvalue weighted by molar-refractivity contribution is 5.63. The van der Waals surface area contributed by atoms with Crippen LogP contribution in [0.25, 0.3) is 0 Å². The monoisotopic (exact) mass is 219 g/mol. The van der Waals surface area contributed by atoms with Gasteiger partial charge in [-0.1, -0.05) is 12.1 Å². The van der Waals surface area contributed by atoms with Crippen molar-refractivity contribution < 1.29 is 9.13 Å². The molecule has 1 aromatic heterocycles. The maximum absolute atomic E-state index is 12.8. The minimum absolute atomic E-state index is 0.386. The Kier molecular flexibility index (Phi) is 2.95. The molecule has 16 heavy (non-hydrogen) atoms. The number of hydrogen-bond acceptors (Lipinski definition) is 4. The van der Waals surface area contributed by atoms with Crippen LogP contribution in [0, 0.1) is 6.08 Å². The van der Waals surface area contributed by atoms with Crippen molar-refractivity contribution in [1.82, 2.24) is 9.97 Å². The van der Waals surface area contributed by atoms with E-state index in [-0.39, 0.29) is 0 Å². The van der Waals surface area contributed by atoms with Gasteiger partial charge in [-0.05, 0) is 18.2 Å². The van der Waals surface area contributed by atoms with Crippen molar-refractivity contribution in [2.75, 3.05) is 12.4 Å². The first-order valence-electron chi connectivity index (χ1n) is 4.68. The zero-order valence-electron chi connectivity index (χ0n) is 8.64. The van der Waals surface area contributed by atoms with Crippen molar-refractivity contribution >= 4 is 11.5 Å².